The van der Waals surface area contributed by atoms with Crippen LogP contribution in [0.5, 0.6) is 17.2 Å². The number of rotatable bonds is 8. The first-order valence-corrected chi connectivity index (χ1v) is 11.6. The van der Waals surface area contributed by atoms with Gasteiger partial charge >= 0.3 is 6.03 Å². The van der Waals surface area contributed by atoms with Gasteiger partial charge in [-0.1, -0.05) is 0 Å². The quantitative estimate of drug-likeness (QED) is 0.241. The highest BCUT2D eigenvalue weighted by atomic mass is 16.5. The molecular weight excluding hydrogens is 462 g/mol. The predicted octanol–water partition coefficient (Wildman–Crippen LogP) is 2.84. The number of piperidine rings is 1. The van der Waals surface area contributed by atoms with Gasteiger partial charge in [0.1, 0.15) is 11.6 Å². The highest BCUT2D eigenvalue weighted by Gasteiger charge is 2.16. The Kier molecular flexibility index (Phi) is 7.81. The third kappa shape index (κ3) is 5.63. The highest BCUT2D eigenvalue weighted by Crippen LogP contribution is 2.36. The summed E-state index contributed by atoms with van der Waals surface area (Å²) in [6.45, 7) is 1.85. The van der Waals surface area contributed by atoms with Crippen molar-refractivity contribution in [2.75, 3.05) is 32.6 Å². The van der Waals surface area contributed by atoms with Crippen molar-refractivity contribution in [2.24, 2.45) is 0 Å². The number of fused-ring (bicyclic) bond motifs is 1. The molecule has 1 aliphatic rings. The Morgan fingerprint density at radius 2 is 2.00 bits per heavy atom. The molecule has 5 N–H and O–H groups in total. The fourth-order valence-electron chi connectivity index (χ4n) is 3.91. The molecule has 0 spiro atoms. The lowest BCUT2D eigenvalue weighted by atomic mass is 10.1. The number of carbonyl (C=O) groups is 2. The van der Waals surface area contributed by atoms with Gasteiger partial charge in [-0.05, 0) is 44.1 Å². The maximum atomic E-state index is 12.7. The molecule has 1 aliphatic heterocycles. The number of hydrogen-bond acceptors (Lipinski definition) is 8. The van der Waals surface area contributed by atoms with Gasteiger partial charge in [0.2, 0.25) is 0 Å². The molecule has 11 heteroatoms. The number of carbonyl (C=O) groups excluding carboxylic acids is 2. The first-order valence-electron chi connectivity index (χ1n) is 11.6. The average Bonchev–Trinajstić information content (AvgIpc) is 3.31. The summed E-state index contributed by atoms with van der Waals surface area (Å²) in [5.74, 6) is 1.13. The number of ether oxygens (including phenoxy) is 2. The van der Waals surface area contributed by atoms with Crippen molar-refractivity contribution in [1.82, 2.24) is 25.5 Å². The molecule has 1 saturated heterocycles. The Morgan fingerprint density at radius 3 is 2.72 bits per heavy atom. The SMILES string of the molecule is CNC(=O)n1ccc2cc(Oc3ccnc(NC(=O)/C(C=N)=C/NC4CCNCC4)c3)c(OC)cc21. The van der Waals surface area contributed by atoms with E-state index in [1.54, 1.807) is 49.8 Å². The molecule has 0 atom stereocenters. The largest absolute Gasteiger partial charge is 0.493 e. The van der Waals surface area contributed by atoms with E-state index >= 15 is 0 Å². The lowest BCUT2D eigenvalue weighted by Crippen LogP contribution is -2.38. The Morgan fingerprint density at radius 1 is 1.19 bits per heavy atom. The Hall–Kier alpha value is -4.38. The van der Waals surface area contributed by atoms with Crippen LogP contribution in [0.15, 0.2) is 54.5 Å². The second kappa shape index (κ2) is 11.4. The van der Waals surface area contributed by atoms with Gasteiger partial charge in [-0.2, -0.15) is 0 Å². The number of nitrogens with one attached hydrogen (secondary N) is 5. The molecule has 188 valence electrons. The minimum Gasteiger partial charge on any atom is -0.493 e. The normalized spacial score (nSPS) is 14.2. The zero-order valence-corrected chi connectivity index (χ0v) is 20.1. The van der Waals surface area contributed by atoms with Gasteiger partial charge < -0.3 is 36.2 Å². The van der Waals surface area contributed by atoms with E-state index in [4.69, 9.17) is 14.9 Å². The van der Waals surface area contributed by atoms with Crippen molar-refractivity contribution in [3.8, 4) is 17.2 Å². The highest BCUT2D eigenvalue weighted by molar-refractivity contribution is 6.16. The number of methoxy groups -OCH3 is 1. The summed E-state index contributed by atoms with van der Waals surface area (Å²) in [5, 5.41) is 20.2. The van der Waals surface area contributed by atoms with E-state index in [9.17, 15) is 9.59 Å². The number of pyridine rings is 1. The van der Waals surface area contributed by atoms with Crippen LogP contribution in [0.3, 0.4) is 0 Å². The molecule has 4 rings (SSSR count). The van der Waals surface area contributed by atoms with Crippen LogP contribution >= 0.6 is 0 Å². The molecular formula is C25H29N7O4. The van der Waals surface area contributed by atoms with E-state index in [0.29, 0.717) is 22.8 Å². The molecule has 1 aromatic carbocycles. The van der Waals surface area contributed by atoms with Crippen molar-refractivity contribution < 1.29 is 19.1 Å². The Balaban J connectivity index is 1.49. The minimum absolute atomic E-state index is 0.189. The van der Waals surface area contributed by atoms with Crippen LogP contribution in [-0.4, -0.2) is 61.0 Å². The lowest BCUT2D eigenvalue weighted by molar-refractivity contribution is -0.112. The zero-order chi connectivity index (χ0) is 25.5. The van der Waals surface area contributed by atoms with E-state index < -0.39 is 5.91 Å². The number of hydrogen-bond donors (Lipinski definition) is 5. The first-order chi connectivity index (χ1) is 17.5. The van der Waals surface area contributed by atoms with Crippen LogP contribution in [0.4, 0.5) is 10.6 Å². The van der Waals surface area contributed by atoms with Crippen LogP contribution in [0.25, 0.3) is 10.9 Å². The lowest BCUT2D eigenvalue weighted by Gasteiger charge is -2.23. The molecule has 0 bridgehead atoms. The van der Waals surface area contributed by atoms with Crippen LogP contribution < -0.4 is 30.7 Å². The molecule has 1 fully saturated rings. The molecule has 0 aliphatic carbocycles. The number of amides is 2. The third-order valence-electron chi connectivity index (χ3n) is 5.84. The number of benzene rings is 1. The topological polar surface area (TPSA) is 142 Å². The van der Waals surface area contributed by atoms with Crippen molar-refractivity contribution in [3.05, 3.63) is 54.5 Å². The molecule has 2 aromatic heterocycles. The minimum atomic E-state index is -0.453. The molecule has 0 saturated carbocycles. The fraction of sp³-hybridized carbons (Fsp3) is 0.280. The van der Waals surface area contributed by atoms with Crippen LogP contribution in [0.1, 0.15) is 12.8 Å². The van der Waals surface area contributed by atoms with Crippen LogP contribution in [0.2, 0.25) is 0 Å². The van der Waals surface area contributed by atoms with E-state index in [1.165, 1.54) is 17.9 Å². The summed E-state index contributed by atoms with van der Waals surface area (Å²) in [4.78, 5) is 29.0. The molecule has 0 unspecified atom stereocenters. The maximum absolute atomic E-state index is 12.7. The number of nitrogens with zero attached hydrogens (tertiary/aromatic N) is 2. The predicted molar refractivity (Wildman–Crippen MR) is 137 cm³/mol. The van der Waals surface area contributed by atoms with Gasteiger partial charge in [0, 0.05) is 55.4 Å². The van der Waals surface area contributed by atoms with Gasteiger partial charge in [-0.15, -0.1) is 0 Å². The molecule has 11 nitrogen and oxygen atoms in total. The van der Waals surface area contributed by atoms with Gasteiger partial charge in [0.25, 0.3) is 5.91 Å². The summed E-state index contributed by atoms with van der Waals surface area (Å²) in [6.07, 6.45) is 7.67. The second-order valence-electron chi connectivity index (χ2n) is 8.17. The van der Waals surface area contributed by atoms with Crippen molar-refractivity contribution in [1.29, 1.82) is 5.41 Å². The molecule has 3 heterocycles. The van der Waals surface area contributed by atoms with Gasteiger partial charge in [0.05, 0.1) is 18.2 Å². The van der Waals surface area contributed by atoms with Crippen LogP contribution in [0, 0.1) is 5.41 Å². The van der Waals surface area contributed by atoms with Crippen molar-refractivity contribution >= 4 is 34.9 Å². The summed E-state index contributed by atoms with van der Waals surface area (Å²) in [6, 6.07) is 8.54. The number of anilines is 1. The van der Waals surface area contributed by atoms with Crippen molar-refractivity contribution in [3.63, 3.8) is 0 Å². The molecule has 36 heavy (non-hydrogen) atoms. The van der Waals surface area contributed by atoms with E-state index in [2.05, 4.69) is 26.3 Å². The standard InChI is InChI=1S/C25H29N7O4/c1-27-25(34)32-10-6-16-11-22(21(35-2)13-20(16)32)36-19-5-9-29-23(12-19)31-24(33)17(14-26)15-30-18-3-7-28-8-4-18/h5-6,9-15,18,26,28,30H,3-4,7-8H2,1-2H3,(H,27,34)(H,29,31,33)/b17-15+,26-14?. The summed E-state index contributed by atoms with van der Waals surface area (Å²) < 4.78 is 13.0. The maximum Gasteiger partial charge on any atom is 0.325 e. The molecule has 0 radical (unpaired) electrons. The summed E-state index contributed by atoms with van der Waals surface area (Å²) in [7, 11) is 3.08. The van der Waals surface area contributed by atoms with Gasteiger partial charge in [-0.3, -0.25) is 9.36 Å². The fourth-order valence-corrected chi connectivity index (χ4v) is 3.91. The van der Waals surface area contributed by atoms with Gasteiger partial charge in [0.15, 0.2) is 11.5 Å². The monoisotopic (exact) mass is 491 g/mol. The van der Waals surface area contributed by atoms with Crippen LogP contribution in [-0.2, 0) is 4.79 Å². The second-order valence-corrected chi connectivity index (χ2v) is 8.17. The number of aromatic nitrogens is 2. The van der Waals surface area contributed by atoms with Crippen molar-refractivity contribution in [2.45, 2.75) is 18.9 Å². The third-order valence-corrected chi connectivity index (χ3v) is 5.84. The molecule has 3 aromatic rings. The van der Waals surface area contributed by atoms with Gasteiger partial charge in [-0.25, -0.2) is 9.78 Å². The van der Waals surface area contributed by atoms with E-state index in [0.717, 1.165) is 37.5 Å². The first kappa shape index (κ1) is 24.7. The molecule has 2 amide bonds. The summed E-state index contributed by atoms with van der Waals surface area (Å²) in [5.41, 5.74) is 0.861. The smallest absolute Gasteiger partial charge is 0.325 e. The Bertz CT molecular complexity index is 1290. The Labute approximate surface area is 208 Å². The zero-order valence-electron chi connectivity index (χ0n) is 20.1. The van der Waals surface area contributed by atoms with E-state index in [-0.39, 0.29) is 23.5 Å². The summed E-state index contributed by atoms with van der Waals surface area (Å²) >= 11 is 0. The average molecular weight is 492 g/mol. The van der Waals surface area contributed by atoms with E-state index in [1.807, 2.05) is 0 Å².